The van der Waals surface area contributed by atoms with E-state index >= 15 is 0 Å². The van der Waals surface area contributed by atoms with Gasteiger partial charge in [0.15, 0.2) is 0 Å². The summed E-state index contributed by atoms with van der Waals surface area (Å²) >= 11 is 1.28. The second-order valence-corrected chi connectivity index (χ2v) is 13.1. The number of amides is 1. The molecule has 7 nitrogen and oxygen atoms in total. The van der Waals surface area contributed by atoms with Crippen LogP contribution in [-0.2, 0) is 19.0 Å². The van der Waals surface area contributed by atoms with Crippen LogP contribution in [0.15, 0.2) is 6.07 Å². The maximum atomic E-state index is 14.1. The molecule has 1 saturated carbocycles. The van der Waals surface area contributed by atoms with Gasteiger partial charge in [0.25, 0.3) is 0 Å². The minimum Gasteiger partial charge on any atom is -0.465 e. The van der Waals surface area contributed by atoms with E-state index in [-0.39, 0.29) is 35.5 Å². The fourth-order valence-corrected chi connectivity index (χ4v) is 5.93. The van der Waals surface area contributed by atoms with E-state index in [1.807, 2.05) is 45.6 Å². The smallest absolute Gasteiger partial charge is 0.350 e. The number of carbonyl (C=O) groups is 2. The van der Waals surface area contributed by atoms with Crippen molar-refractivity contribution in [3.8, 4) is 11.8 Å². The number of carbonyl (C=O) groups excluding carboxylic acids is 2. The van der Waals surface area contributed by atoms with Crippen LogP contribution in [0, 0.1) is 29.1 Å². The number of rotatable bonds is 9. The Bertz CT molecular complexity index is 1010. The van der Waals surface area contributed by atoms with Crippen molar-refractivity contribution in [3.63, 3.8) is 0 Å². The van der Waals surface area contributed by atoms with Gasteiger partial charge in [-0.25, -0.2) is 4.79 Å². The first-order chi connectivity index (χ1) is 17.9. The van der Waals surface area contributed by atoms with Crippen LogP contribution in [0.3, 0.4) is 0 Å². The monoisotopic (exact) mass is 547 g/mol. The Morgan fingerprint density at radius 3 is 2.45 bits per heavy atom. The zero-order chi connectivity index (χ0) is 28.0. The van der Waals surface area contributed by atoms with E-state index in [9.17, 15) is 14.7 Å². The van der Waals surface area contributed by atoms with Gasteiger partial charge in [0.2, 0.25) is 5.91 Å². The molecule has 2 aliphatic rings. The minimum atomic E-state index is -0.609. The summed E-state index contributed by atoms with van der Waals surface area (Å²) in [6.07, 6.45) is 4.12. The number of ether oxygens (including phenoxy) is 3. The minimum absolute atomic E-state index is 0.0656. The van der Waals surface area contributed by atoms with Crippen LogP contribution in [0.1, 0.15) is 94.6 Å². The molecule has 2 fully saturated rings. The van der Waals surface area contributed by atoms with Crippen molar-refractivity contribution in [3.05, 3.63) is 15.8 Å². The van der Waals surface area contributed by atoms with E-state index in [1.165, 1.54) is 18.4 Å². The van der Waals surface area contributed by atoms with Crippen molar-refractivity contribution < 1.29 is 28.9 Å². The highest BCUT2D eigenvalue weighted by atomic mass is 32.1. The highest BCUT2D eigenvalue weighted by Gasteiger charge is 2.35. The normalized spacial score (nSPS) is 25.3. The summed E-state index contributed by atoms with van der Waals surface area (Å²) in [5.41, 5.74) is 0.398. The van der Waals surface area contributed by atoms with Gasteiger partial charge in [-0.15, -0.1) is 11.3 Å². The van der Waals surface area contributed by atoms with E-state index in [2.05, 4.69) is 18.8 Å². The molecule has 1 aliphatic carbocycles. The summed E-state index contributed by atoms with van der Waals surface area (Å²) in [6.45, 7) is 13.1. The second kappa shape index (κ2) is 13.4. The lowest BCUT2D eigenvalue weighted by Gasteiger charge is -2.35. The molecular formula is C30H45NO6S. The molecule has 8 heteroatoms. The van der Waals surface area contributed by atoms with Gasteiger partial charge in [-0.05, 0) is 85.1 Å². The number of aliphatic hydroxyl groups is 1. The summed E-state index contributed by atoms with van der Waals surface area (Å²) in [4.78, 5) is 29.9. The molecule has 1 aromatic rings. The van der Waals surface area contributed by atoms with Crippen molar-refractivity contribution >= 4 is 28.9 Å². The van der Waals surface area contributed by atoms with Gasteiger partial charge in [0.1, 0.15) is 17.1 Å². The molecule has 4 atom stereocenters. The summed E-state index contributed by atoms with van der Waals surface area (Å²) in [5.74, 6) is 6.61. The Hall–Kier alpha value is -1.92. The van der Waals surface area contributed by atoms with Gasteiger partial charge < -0.3 is 24.2 Å². The average Bonchev–Trinajstić information content (AvgIpc) is 3.47. The third kappa shape index (κ3) is 8.29. The first-order valence-corrected chi connectivity index (χ1v) is 14.7. The van der Waals surface area contributed by atoms with Crippen LogP contribution in [0.5, 0.6) is 0 Å². The summed E-state index contributed by atoms with van der Waals surface area (Å²) in [5, 5.41) is 10.0. The molecule has 0 bridgehead atoms. The van der Waals surface area contributed by atoms with Crippen LogP contribution in [0.2, 0.25) is 0 Å². The maximum Gasteiger partial charge on any atom is 0.350 e. The fraction of sp³-hybridized carbons (Fsp3) is 0.733. The number of thiophene rings is 1. The first-order valence-electron chi connectivity index (χ1n) is 13.9. The quantitative estimate of drug-likeness (QED) is 0.328. The van der Waals surface area contributed by atoms with E-state index in [1.54, 1.807) is 0 Å². The molecule has 212 valence electrons. The number of anilines is 1. The van der Waals surface area contributed by atoms with Crippen LogP contribution in [0.25, 0.3) is 0 Å². The van der Waals surface area contributed by atoms with Crippen molar-refractivity contribution in [1.29, 1.82) is 0 Å². The van der Waals surface area contributed by atoms with Crippen molar-refractivity contribution in [2.24, 2.45) is 17.3 Å². The molecule has 1 aliphatic heterocycles. The molecule has 0 radical (unpaired) electrons. The van der Waals surface area contributed by atoms with Crippen LogP contribution < -0.4 is 4.90 Å². The van der Waals surface area contributed by atoms with Gasteiger partial charge in [0.05, 0.1) is 37.0 Å². The number of hydrogen-bond acceptors (Lipinski definition) is 7. The van der Waals surface area contributed by atoms with Crippen LogP contribution >= 0.6 is 11.3 Å². The van der Waals surface area contributed by atoms with Crippen LogP contribution in [-0.4, -0.2) is 61.7 Å². The summed E-state index contributed by atoms with van der Waals surface area (Å²) in [7, 11) is 1.37. The molecule has 0 spiro atoms. The third-order valence-corrected chi connectivity index (χ3v) is 8.36. The Kier molecular flexibility index (Phi) is 10.8. The Morgan fingerprint density at radius 1 is 1.18 bits per heavy atom. The Labute approximate surface area is 232 Å². The maximum absolute atomic E-state index is 14.1. The lowest BCUT2D eigenvalue weighted by molar-refractivity contribution is -0.124. The third-order valence-electron chi connectivity index (χ3n) is 7.34. The van der Waals surface area contributed by atoms with Crippen LogP contribution in [0.4, 0.5) is 5.69 Å². The number of methoxy groups -OCH3 is 1. The zero-order valence-corrected chi connectivity index (χ0v) is 24.9. The highest BCUT2D eigenvalue weighted by Crippen LogP contribution is 2.37. The van der Waals surface area contributed by atoms with Gasteiger partial charge in [-0.2, -0.15) is 0 Å². The zero-order valence-electron chi connectivity index (χ0n) is 24.0. The molecule has 1 aromatic heterocycles. The molecule has 0 aromatic carbocycles. The molecule has 2 heterocycles. The standard InChI is InChI=1S/C30H45NO6S/c1-19-8-12-22(13-9-19)28(33)31(20(2)10-11-21(3)37-26-18-36-17-25(26)32)24-16-23(14-15-30(4,5)6)38-27(24)29(34)35-7/h16,19-22,25-26,32H,8-13,17-18H2,1-7H3/t19?,20-,21-,22?,25+,26+/m1/s1. The number of esters is 1. The van der Waals surface area contributed by atoms with Gasteiger partial charge in [0, 0.05) is 17.4 Å². The van der Waals surface area contributed by atoms with Gasteiger partial charge >= 0.3 is 5.97 Å². The lowest BCUT2D eigenvalue weighted by atomic mass is 9.82. The fourth-order valence-electron chi connectivity index (χ4n) is 5.01. The molecule has 3 rings (SSSR count). The largest absolute Gasteiger partial charge is 0.465 e. The highest BCUT2D eigenvalue weighted by molar-refractivity contribution is 7.15. The molecule has 0 unspecified atom stereocenters. The number of nitrogens with zero attached hydrogens (tertiary/aromatic N) is 1. The molecule has 1 N–H and O–H groups in total. The molecule has 1 amide bonds. The van der Waals surface area contributed by atoms with E-state index in [4.69, 9.17) is 14.2 Å². The molecule has 1 saturated heterocycles. The lowest BCUT2D eigenvalue weighted by Crippen LogP contribution is -2.44. The van der Waals surface area contributed by atoms with Gasteiger partial charge in [-0.3, -0.25) is 4.79 Å². The average molecular weight is 548 g/mol. The molecule has 38 heavy (non-hydrogen) atoms. The number of aliphatic hydroxyl groups excluding tert-OH is 1. The predicted octanol–water partition coefficient (Wildman–Crippen LogP) is 5.43. The van der Waals surface area contributed by atoms with Crippen molar-refractivity contribution in [2.45, 2.75) is 104 Å². The molecular weight excluding hydrogens is 502 g/mol. The summed E-state index contributed by atoms with van der Waals surface area (Å²) < 4.78 is 16.4. The Balaban J connectivity index is 1.88. The Morgan fingerprint density at radius 2 is 1.87 bits per heavy atom. The predicted molar refractivity (Wildman–Crippen MR) is 150 cm³/mol. The summed E-state index contributed by atoms with van der Waals surface area (Å²) in [6, 6.07) is 1.71. The van der Waals surface area contributed by atoms with E-state index in [0.29, 0.717) is 42.5 Å². The van der Waals surface area contributed by atoms with E-state index in [0.717, 1.165) is 30.6 Å². The topological polar surface area (TPSA) is 85.3 Å². The number of hydrogen-bond donors (Lipinski definition) is 1. The SMILES string of the molecule is COC(=O)c1sc(C#CC(C)(C)C)cc1N(C(=O)C1CCC(C)CC1)[C@H](C)CC[C@@H](C)O[C@H]1COC[C@@H]1O. The van der Waals surface area contributed by atoms with Gasteiger partial charge in [-0.1, -0.05) is 18.8 Å². The van der Waals surface area contributed by atoms with Crippen molar-refractivity contribution in [1.82, 2.24) is 0 Å². The van der Waals surface area contributed by atoms with E-state index < -0.39 is 12.1 Å². The van der Waals surface area contributed by atoms with Crippen molar-refractivity contribution in [2.75, 3.05) is 25.2 Å². The second-order valence-electron chi connectivity index (χ2n) is 12.0. The first kappa shape index (κ1) is 30.6.